The second-order valence-corrected chi connectivity index (χ2v) is 7.41. The molecule has 0 saturated heterocycles. The average molecular weight is 367 g/mol. The highest BCUT2D eigenvalue weighted by Crippen LogP contribution is 2.26. The van der Waals surface area contributed by atoms with Gasteiger partial charge in [0.1, 0.15) is 5.75 Å². The Kier molecular flexibility index (Phi) is 7.14. The number of nitrogens with one attached hydrogen (secondary N) is 1. The Morgan fingerprint density at radius 3 is 2.52 bits per heavy atom. The molecule has 1 fully saturated rings. The number of anilines is 2. The Labute approximate surface area is 162 Å². The number of aryl methyl sites for hydroxylation is 1. The van der Waals surface area contributed by atoms with Crippen LogP contribution in [0.5, 0.6) is 5.75 Å². The van der Waals surface area contributed by atoms with Gasteiger partial charge in [0, 0.05) is 17.8 Å². The molecular formula is C23H30N2O2. The molecule has 3 N–H and O–H groups in total. The number of hydrogen-bond donors (Lipinski definition) is 2. The van der Waals surface area contributed by atoms with Gasteiger partial charge in [-0.25, -0.2) is 0 Å². The van der Waals surface area contributed by atoms with Crippen LogP contribution in [0.4, 0.5) is 11.4 Å². The van der Waals surface area contributed by atoms with Crippen molar-refractivity contribution in [1.82, 2.24) is 0 Å². The number of nitrogens with two attached hydrogens (primary N) is 1. The first kappa shape index (κ1) is 19.3. The lowest BCUT2D eigenvalue weighted by molar-refractivity contribution is -0.116. The summed E-state index contributed by atoms with van der Waals surface area (Å²) >= 11 is 0. The van der Waals surface area contributed by atoms with Crippen molar-refractivity contribution in [2.75, 3.05) is 17.7 Å². The average Bonchev–Trinajstić information content (AvgIpc) is 2.69. The number of nitrogen functional groups attached to an aromatic ring is 1. The highest BCUT2D eigenvalue weighted by Gasteiger charge is 2.13. The Bertz CT molecular complexity index is 721. The fraction of sp³-hybridized carbons (Fsp3) is 0.435. The van der Waals surface area contributed by atoms with Crippen molar-refractivity contribution in [3.8, 4) is 5.75 Å². The van der Waals surface area contributed by atoms with Gasteiger partial charge in [0.15, 0.2) is 0 Å². The summed E-state index contributed by atoms with van der Waals surface area (Å²) in [5, 5.41) is 2.93. The van der Waals surface area contributed by atoms with Crippen molar-refractivity contribution in [3.05, 3.63) is 54.1 Å². The Morgan fingerprint density at radius 2 is 1.78 bits per heavy atom. The van der Waals surface area contributed by atoms with Gasteiger partial charge in [0.2, 0.25) is 5.91 Å². The smallest absolute Gasteiger partial charge is 0.224 e. The van der Waals surface area contributed by atoms with E-state index in [-0.39, 0.29) is 5.91 Å². The molecule has 1 aliphatic carbocycles. The molecule has 0 spiro atoms. The number of hydrogen-bond acceptors (Lipinski definition) is 3. The van der Waals surface area contributed by atoms with Crippen molar-refractivity contribution in [3.63, 3.8) is 0 Å². The maximum atomic E-state index is 12.1. The van der Waals surface area contributed by atoms with Crippen LogP contribution in [0.3, 0.4) is 0 Å². The Hall–Kier alpha value is -2.49. The highest BCUT2D eigenvalue weighted by atomic mass is 16.5. The summed E-state index contributed by atoms with van der Waals surface area (Å²) in [4.78, 5) is 12.1. The second kappa shape index (κ2) is 10.0. The van der Waals surface area contributed by atoms with Crippen molar-refractivity contribution in [2.24, 2.45) is 5.92 Å². The topological polar surface area (TPSA) is 64.4 Å². The van der Waals surface area contributed by atoms with Gasteiger partial charge in [-0.1, -0.05) is 50.3 Å². The maximum Gasteiger partial charge on any atom is 0.224 e. The third-order valence-corrected chi connectivity index (χ3v) is 5.33. The van der Waals surface area contributed by atoms with E-state index in [9.17, 15) is 4.79 Å². The number of para-hydroxylation sites is 1. The molecule has 0 bridgehead atoms. The molecule has 1 aliphatic rings. The van der Waals surface area contributed by atoms with Crippen molar-refractivity contribution in [2.45, 2.75) is 51.4 Å². The number of benzene rings is 2. The van der Waals surface area contributed by atoms with Gasteiger partial charge < -0.3 is 15.8 Å². The maximum absolute atomic E-state index is 12.1. The van der Waals surface area contributed by atoms with Crippen LogP contribution in [0.25, 0.3) is 0 Å². The summed E-state index contributed by atoms with van der Waals surface area (Å²) in [7, 11) is 0. The molecule has 4 heteroatoms. The van der Waals surface area contributed by atoms with Crippen molar-refractivity contribution < 1.29 is 9.53 Å². The Balaban J connectivity index is 1.39. The molecule has 144 valence electrons. The molecule has 1 saturated carbocycles. The molecule has 3 rings (SSSR count). The molecule has 1 amide bonds. The van der Waals surface area contributed by atoms with Crippen LogP contribution in [-0.2, 0) is 11.2 Å². The summed E-state index contributed by atoms with van der Waals surface area (Å²) < 4.78 is 5.86. The van der Waals surface area contributed by atoms with Gasteiger partial charge in [-0.15, -0.1) is 0 Å². The van der Waals surface area contributed by atoms with Gasteiger partial charge >= 0.3 is 0 Å². The zero-order valence-electron chi connectivity index (χ0n) is 16.0. The van der Waals surface area contributed by atoms with E-state index in [0.717, 1.165) is 41.6 Å². The zero-order valence-corrected chi connectivity index (χ0v) is 16.0. The van der Waals surface area contributed by atoms with E-state index >= 15 is 0 Å². The molecule has 0 radical (unpaired) electrons. The molecule has 27 heavy (non-hydrogen) atoms. The van der Waals surface area contributed by atoms with Gasteiger partial charge in [-0.3, -0.25) is 4.79 Å². The van der Waals surface area contributed by atoms with Crippen LogP contribution in [0.2, 0.25) is 0 Å². The van der Waals surface area contributed by atoms with E-state index in [2.05, 4.69) is 5.32 Å². The van der Waals surface area contributed by atoms with Gasteiger partial charge in [0.25, 0.3) is 0 Å². The van der Waals surface area contributed by atoms with Crippen LogP contribution >= 0.6 is 0 Å². The van der Waals surface area contributed by atoms with E-state index in [4.69, 9.17) is 10.5 Å². The fourth-order valence-electron chi connectivity index (χ4n) is 3.69. The third-order valence-electron chi connectivity index (χ3n) is 5.33. The predicted octanol–water partition coefficient (Wildman–Crippen LogP) is 5.19. The highest BCUT2D eigenvalue weighted by molar-refractivity contribution is 5.90. The molecule has 0 heterocycles. The largest absolute Gasteiger partial charge is 0.494 e. The molecule has 0 atom stereocenters. The van der Waals surface area contributed by atoms with Gasteiger partial charge in [0.05, 0.1) is 6.61 Å². The number of amides is 1. The quantitative estimate of drug-likeness (QED) is 0.632. The van der Waals surface area contributed by atoms with Gasteiger partial charge in [-0.05, 0) is 54.7 Å². The first-order valence-electron chi connectivity index (χ1n) is 10.1. The van der Waals surface area contributed by atoms with Crippen molar-refractivity contribution in [1.29, 1.82) is 0 Å². The lowest BCUT2D eigenvalue weighted by Gasteiger charge is -2.21. The molecule has 2 aromatic carbocycles. The molecule has 0 aliphatic heterocycles. The number of rotatable bonds is 8. The van der Waals surface area contributed by atoms with E-state index in [1.165, 1.54) is 32.1 Å². The summed E-state index contributed by atoms with van der Waals surface area (Å²) in [6.07, 6.45) is 9.02. The standard InChI is InChI=1S/C23H30N2O2/c24-22-9-5-4-8-19(22)10-15-23(26)25-20-11-13-21(14-12-20)27-17-16-18-6-2-1-3-7-18/h4-5,8-9,11-14,18H,1-3,6-7,10,15-17,24H2,(H,25,26). The summed E-state index contributed by atoms with van der Waals surface area (Å²) in [6, 6.07) is 15.3. The summed E-state index contributed by atoms with van der Waals surface area (Å²) in [6.45, 7) is 0.773. The third kappa shape index (κ3) is 6.31. The summed E-state index contributed by atoms with van der Waals surface area (Å²) in [5.41, 5.74) is 8.45. The monoisotopic (exact) mass is 366 g/mol. The molecular weight excluding hydrogens is 336 g/mol. The normalized spacial score (nSPS) is 14.7. The number of carbonyl (C=O) groups excluding carboxylic acids is 1. The first-order chi connectivity index (χ1) is 13.2. The minimum absolute atomic E-state index is 0.00998. The van der Waals surface area contributed by atoms with Crippen LogP contribution in [0.15, 0.2) is 48.5 Å². The molecule has 4 nitrogen and oxygen atoms in total. The lowest BCUT2D eigenvalue weighted by Crippen LogP contribution is -2.13. The van der Waals surface area contributed by atoms with Crippen LogP contribution in [0.1, 0.15) is 50.5 Å². The Morgan fingerprint density at radius 1 is 1.04 bits per heavy atom. The van der Waals surface area contributed by atoms with E-state index in [1.807, 2.05) is 48.5 Å². The van der Waals surface area contributed by atoms with Crippen LogP contribution < -0.4 is 15.8 Å². The lowest BCUT2D eigenvalue weighted by atomic mass is 9.87. The van der Waals surface area contributed by atoms with Gasteiger partial charge in [-0.2, -0.15) is 0 Å². The second-order valence-electron chi connectivity index (χ2n) is 7.41. The number of ether oxygens (including phenoxy) is 1. The molecule has 0 unspecified atom stereocenters. The van der Waals surface area contributed by atoms with Crippen LogP contribution in [-0.4, -0.2) is 12.5 Å². The zero-order chi connectivity index (χ0) is 18.9. The molecule has 2 aromatic rings. The van der Waals surface area contributed by atoms with Crippen molar-refractivity contribution >= 4 is 17.3 Å². The van der Waals surface area contributed by atoms with E-state index < -0.39 is 0 Å². The predicted molar refractivity (Wildman–Crippen MR) is 111 cm³/mol. The first-order valence-corrected chi connectivity index (χ1v) is 10.1. The fourth-order valence-corrected chi connectivity index (χ4v) is 3.69. The molecule has 0 aromatic heterocycles. The summed E-state index contributed by atoms with van der Waals surface area (Å²) in [5.74, 6) is 1.68. The van der Waals surface area contributed by atoms with Crippen LogP contribution in [0, 0.1) is 5.92 Å². The SMILES string of the molecule is Nc1ccccc1CCC(=O)Nc1ccc(OCCC2CCCCC2)cc1. The van der Waals surface area contributed by atoms with E-state index in [1.54, 1.807) is 0 Å². The number of carbonyl (C=O) groups is 1. The van der Waals surface area contributed by atoms with E-state index in [0.29, 0.717) is 12.8 Å². The minimum Gasteiger partial charge on any atom is -0.494 e. The minimum atomic E-state index is -0.00998.